The van der Waals surface area contributed by atoms with Crippen molar-refractivity contribution in [2.75, 3.05) is 18.4 Å². The van der Waals surface area contributed by atoms with Gasteiger partial charge in [-0.3, -0.25) is 4.79 Å². The molecule has 1 aromatic heterocycles. The van der Waals surface area contributed by atoms with Crippen LogP contribution in [0.1, 0.15) is 0 Å². The predicted octanol–water partition coefficient (Wildman–Crippen LogP) is 3.12. The summed E-state index contributed by atoms with van der Waals surface area (Å²) in [5, 5.41) is 9.93. The molecule has 25 heavy (non-hydrogen) atoms. The highest BCUT2D eigenvalue weighted by Crippen LogP contribution is 2.19. The maximum atomic E-state index is 12.0. The minimum atomic E-state index is -4.34. The quantitative estimate of drug-likeness (QED) is 0.745. The highest BCUT2D eigenvalue weighted by Gasteiger charge is 2.26. The van der Waals surface area contributed by atoms with Gasteiger partial charge in [-0.15, -0.1) is 0 Å². The maximum Gasteiger partial charge on any atom is 0.401 e. The van der Waals surface area contributed by atoms with Crippen molar-refractivity contribution in [1.29, 1.82) is 0 Å². The standard InChI is InChI=1S/C17H15F3N4O/c18-17(19,20)11-21-10-16(25)23-13-5-7-14(8-6-13)24-15-4-2-1-3-12(15)9-22-24/h1-9,21H,10-11H2,(H,23,25). The first-order valence-corrected chi connectivity index (χ1v) is 7.53. The molecule has 8 heteroatoms. The van der Waals surface area contributed by atoms with Gasteiger partial charge < -0.3 is 10.6 Å². The third-order valence-electron chi connectivity index (χ3n) is 3.48. The van der Waals surface area contributed by atoms with Gasteiger partial charge in [0.2, 0.25) is 5.91 Å². The number of benzene rings is 2. The molecule has 2 N–H and O–H groups in total. The lowest BCUT2D eigenvalue weighted by Gasteiger charge is -2.09. The largest absolute Gasteiger partial charge is 0.401 e. The van der Waals surface area contributed by atoms with E-state index in [2.05, 4.69) is 10.4 Å². The second kappa shape index (κ2) is 6.94. The number of hydrogen-bond acceptors (Lipinski definition) is 3. The van der Waals surface area contributed by atoms with Crippen LogP contribution in [0.4, 0.5) is 18.9 Å². The molecule has 5 nitrogen and oxygen atoms in total. The Labute approximate surface area is 141 Å². The van der Waals surface area contributed by atoms with Crippen LogP contribution in [0.3, 0.4) is 0 Å². The van der Waals surface area contributed by atoms with Crippen LogP contribution >= 0.6 is 0 Å². The van der Waals surface area contributed by atoms with E-state index in [1.807, 2.05) is 29.6 Å². The molecule has 0 fully saturated rings. The summed E-state index contributed by atoms with van der Waals surface area (Å²) in [4.78, 5) is 11.6. The smallest absolute Gasteiger partial charge is 0.325 e. The Kier molecular flexibility index (Phi) is 4.71. The zero-order valence-electron chi connectivity index (χ0n) is 13.0. The van der Waals surface area contributed by atoms with E-state index in [0.717, 1.165) is 16.6 Å². The lowest BCUT2D eigenvalue weighted by molar-refractivity contribution is -0.126. The third-order valence-corrected chi connectivity index (χ3v) is 3.48. The van der Waals surface area contributed by atoms with Crippen LogP contribution in [0.15, 0.2) is 54.7 Å². The SMILES string of the molecule is O=C(CNCC(F)(F)F)Nc1ccc(-n2ncc3ccccc32)cc1. The van der Waals surface area contributed by atoms with E-state index >= 15 is 0 Å². The van der Waals surface area contributed by atoms with E-state index in [-0.39, 0.29) is 0 Å². The molecule has 0 aliphatic heterocycles. The number of amides is 1. The van der Waals surface area contributed by atoms with Crippen LogP contribution in [0.2, 0.25) is 0 Å². The molecule has 0 saturated heterocycles. The summed E-state index contributed by atoms with van der Waals surface area (Å²) in [6, 6.07) is 14.7. The van der Waals surface area contributed by atoms with Crippen LogP contribution in [-0.4, -0.2) is 35.0 Å². The van der Waals surface area contributed by atoms with E-state index in [1.54, 1.807) is 35.1 Å². The zero-order valence-corrected chi connectivity index (χ0v) is 13.0. The van der Waals surface area contributed by atoms with E-state index in [4.69, 9.17) is 0 Å². The normalized spacial score (nSPS) is 11.6. The van der Waals surface area contributed by atoms with Gasteiger partial charge in [-0.25, -0.2) is 4.68 Å². The number of hydrogen-bond donors (Lipinski definition) is 2. The Morgan fingerprint density at radius 1 is 1.08 bits per heavy atom. The van der Waals surface area contributed by atoms with Crippen LogP contribution < -0.4 is 10.6 Å². The van der Waals surface area contributed by atoms with Crippen molar-refractivity contribution >= 4 is 22.5 Å². The third kappa shape index (κ3) is 4.36. The molecule has 0 atom stereocenters. The van der Waals surface area contributed by atoms with Gasteiger partial charge in [-0.2, -0.15) is 18.3 Å². The first-order chi connectivity index (χ1) is 11.9. The Morgan fingerprint density at radius 3 is 2.52 bits per heavy atom. The summed E-state index contributed by atoms with van der Waals surface area (Å²) < 4.78 is 37.8. The molecular weight excluding hydrogens is 333 g/mol. The number of fused-ring (bicyclic) bond motifs is 1. The summed E-state index contributed by atoms with van der Waals surface area (Å²) in [6.45, 7) is -1.61. The number of nitrogens with zero attached hydrogens (tertiary/aromatic N) is 2. The van der Waals surface area contributed by atoms with Crippen molar-refractivity contribution < 1.29 is 18.0 Å². The molecule has 3 aromatic rings. The number of halogens is 3. The number of anilines is 1. The first kappa shape index (κ1) is 17.0. The fourth-order valence-corrected chi connectivity index (χ4v) is 2.39. The monoisotopic (exact) mass is 348 g/mol. The van der Waals surface area contributed by atoms with E-state index < -0.39 is 25.2 Å². The molecule has 0 aliphatic rings. The minimum Gasteiger partial charge on any atom is -0.325 e. The summed E-state index contributed by atoms with van der Waals surface area (Å²) in [5.74, 6) is -0.540. The van der Waals surface area contributed by atoms with Crippen LogP contribution in [0.5, 0.6) is 0 Å². The number of para-hydroxylation sites is 1. The molecule has 3 rings (SSSR count). The van der Waals surface area contributed by atoms with Crippen LogP contribution in [-0.2, 0) is 4.79 Å². The highest BCUT2D eigenvalue weighted by atomic mass is 19.4. The van der Waals surface area contributed by atoms with Crippen molar-refractivity contribution in [3.63, 3.8) is 0 Å². The van der Waals surface area contributed by atoms with Gasteiger partial charge in [0.05, 0.1) is 30.5 Å². The Balaban J connectivity index is 1.63. The van der Waals surface area contributed by atoms with Gasteiger partial charge in [0.25, 0.3) is 0 Å². The summed E-state index contributed by atoms with van der Waals surface area (Å²) in [6.07, 6.45) is -2.58. The lowest BCUT2D eigenvalue weighted by Crippen LogP contribution is -2.35. The molecule has 0 spiro atoms. The van der Waals surface area contributed by atoms with E-state index in [0.29, 0.717) is 5.69 Å². The van der Waals surface area contributed by atoms with Crippen molar-refractivity contribution in [3.05, 3.63) is 54.7 Å². The van der Waals surface area contributed by atoms with Crippen LogP contribution in [0.25, 0.3) is 16.6 Å². The maximum absolute atomic E-state index is 12.0. The average Bonchev–Trinajstić information content (AvgIpc) is 2.98. The molecule has 1 heterocycles. The van der Waals surface area contributed by atoms with Gasteiger partial charge >= 0.3 is 6.18 Å². The number of carbonyl (C=O) groups excluding carboxylic acids is 1. The van der Waals surface area contributed by atoms with Gasteiger partial charge in [-0.1, -0.05) is 18.2 Å². The molecule has 0 bridgehead atoms. The van der Waals surface area contributed by atoms with E-state index in [9.17, 15) is 18.0 Å². The fraction of sp³-hybridized carbons (Fsp3) is 0.176. The fourth-order valence-electron chi connectivity index (χ4n) is 2.39. The van der Waals surface area contributed by atoms with Crippen molar-refractivity contribution in [2.24, 2.45) is 0 Å². The molecule has 130 valence electrons. The lowest BCUT2D eigenvalue weighted by atomic mass is 10.2. The number of alkyl halides is 3. The minimum absolute atomic E-state index is 0.412. The zero-order chi connectivity index (χ0) is 17.9. The van der Waals surface area contributed by atoms with Gasteiger partial charge in [0.15, 0.2) is 0 Å². The molecule has 1 amide bonds. The second-order valence-electron chi connectivity index (χ2n) is 5.43. The van der Waals surface area contributed by atoms with E-state index in [1.165, 1.54) is 0 Å². The Bertz CT molecular complexity index is 871. The van der Waals surface area contributed by atoms with Crippen molar-refractivity contribution in [2.45, 2.75) is 6.18 Å². The molecular formula is C17H15F3N4O. The summed E-state index contributed by atoms with van der Waals surface area (Å²) in [7, 11) is 0. The predicted molar refractivity (Wildman–Crippen MR) is 88.6 cm³/mol. The van der Waals surface area contributed by atoms with Gasteiger partial charge in [-0.05, 0) is 30.3 Å². The van der Waals surface area contributed by atoms with Gasteiger partial charge in [0, 0.05) is 11.1 Å². The van der Waals surface area contributed by atoms with Crippen LogP contribution in [0, 0.1) is 0 Å². The number of nitrogens with one attached hydrogen (secondary N) is 2. The summed E-state index contributed by atoms with van der Waals surface area (Å²) in [5.41, 5.74) is 2.27. The second-order valence-corrected chi connectivity index (χ2v) is 5.43. The number of aromatic nitrogens is 2. The first-order valence-electron chi connectivity index (χ1n) is 7.53. The Hall–Kier alpha value is -2.87. The Morgan fingerprint density at radius 2 is 1.80 bits per heavy atom. The molecule has 2 aromatic carbocycles. The molecule has 0 unspecified atom stereocenters. The van der Waals surface area contributed by atoms with Crippen molar-refractivity contribution in [3.8, 4) is 5.69 Å². The highest BCUT2D eigenvalue weighted by molar-refractivity contribution is 5.92. The molecule has 0 saturated carbocycles. The molecule has 0 radical (unpaired) electrons. The van der Waals surface area contributed by atoms with Gasteiger partial charge in [0.1, 0.15) is 0 Å². The average molecular weight is 348 g/mol. The van der Waals surface area contributed by atoms with Crippen molar-refractivity contribution in [1.82, 2.24) is 15.1 Å². The molecule has 0 aliphatic carbocycles. The summed E-state index contributed by atoms with van der Waals surface area (Å²) >= 11 is 0. The topological polar surface area (TPSA) is 59.0 Å². The number of carbonyl (C=O) groups is 1. The number of rotatable bonds is 5.